The molecule has 1 N–H and O–H groups in total. The number of H-pyrrole nitrogens is 1. The van der Waals surface area contributed by atoms with Crippen LogP contribution in [0, 0.1) is 0 Å². The largest absolute Gasteiger partial charge is 0.481 e. The lowest BCUT2D eigenvalue weighted by Gasteiger charge is -2.11. The predicted molar refractivity (Wildman–Crippen MR) is 97.0 cm³/mol. The summed E-state index contributed by atoms with van der Waals surface area (Å²) in [5.74, 6) is 1.03. The van der Waals surface area contributed by atoms with Gasteiger partial charge in [0.2, 0.25) is 5.88 Å². The number of aromatic nitrogens is 2. The van der Waals surface area contributed by atoms with Crippen LogP contribution in [0.2, 0.25) is 0 Å². The average Bonchev–Trinajstić information content (AvgIpc) is 2.54. The summed E-state index contributed by atoms with van der Waals surface area (Å²) in [4.78, 5) is 19.0. The van der Waals surface area contributed by atoms with Gasteiger partial charge in [-0.25, -0.2) is 4.98 Å². The second kappa shape index (κ2) is 7.05. The van der Waals surface area contributed by atoms with Crippen LogP contribution in [0.4, 0.5) is 0 Å². The van der Waals surface area contributed by atoms with Crippen molar-refractivity contribution in [2.75, 3.05) is 13.7 Å². The number of nitrogens with zero attached hydrogens (tertiary/aromatic N) is 1. The molecule has 6 heteroatoms. The third kappa shape index (κ3) is 3.59. The summed E-state index contributed by atoms with van der Waals surface area (Å²) in [5, 5.41) is 1.01. The molecule has 1 aromatic carbocycles. The summed E-state index contributed by atoms with van der Waals surface area (Å²) < 4.78 is 11.8. The molecular weight excluding hydrogens is 372 g/mol. The van der Waals surface area contributed by atoms with E-state index in [2.05, 4.69) is 25.9 Å². The van der Waals surface area contributed by atoms with Crippen molar-refractivity contribution in [1.29, 1.82) is 0 Å². The lowest BCUT2D eigenvalue weighted by molar-refractivity contribution is 0.325. The van der Waals surface area contributed by atoms with Crippen molar-refractivity contribution >= 4 is 26.8 Å². The van der Waals surface area contributed by atoms with Gasteiger partial charge in [-0.3, -0.25) is 9.78 Å². The minimum absolute atomic E-state index is 0.189. The molecule has 2 aromatic heterocycles. The standard InChI is InChI=1S/C18H17BrN2O3/c1-3-24-17-8-11(7-16(22)21-17)6-13-9-12-10-14(19)4-5-15(12)20-18(13)23-2/h4-5,7-10H,3,6H2,1-2H3,(H,21,22). The van der Waals surface area contributed by atoms with Gasteiger partial charge in [-0.05, 0) is 36.8 Å². The van der Waals surface area contributed by atoms with Crippen molar-refractivity contribution in [2.24, 2.45) is 0 Å². The third-order valence-corrected chi connectivity index (χ3v) is 4.08. The number of methoxy groups -OCH3 is 1. The van der Waals surface area contributed by atoms with Crippen molar-refractivity contribution in [1.82, 2.24) is 9.97 Å². The Morgan fingerprint density at radius 2 is 2.04 bits per heavy atom. The number of aromatic amines is 1. The average molecular weight is 389 g/mol. The van der Waals surface area contributed by atoms with Gasteiger partial charge < -0.3 is 9.47 Å². The van der Waals surface area contributed by atoms with Crippen molar-refractivity contribution in [3.63, 3.8) is 0 Å². The number of hydrogen-bond acceptors (Lipinski definition) is 4. The number of fused-ring (bicyclic) bond motifs is 1. The lowest BCUT2D eigenvalue weighted by atomic mass is 10.0. The van der Waals surface area contributed by atoms with E-state index in [-0.39, 0.29) is 5.56 Å². The summed E-state index contributed by atoms with van der Waals surface area (Å²) in [7, 11) is 1.60. The molecular formula is C18H17BrN2O3. The second-order valence-electron chi connectivity index (χ2n) is 5.32. The first-order chi connectivity index (χ1) is 11.6. The quantitative estimate of drug-likeness (QED) is 0.723. The highest BCUT2D eigenvalue weighted by molar-refractivity contribution is 9.10. The Morgan fingerprint density at radius 1 is 1.21 bits per heavy atom. The normalized spacial score (nSPS) is 10.8. The molecule has 3 rings (SSSR count). The van der Waals surface area contributed by atoms with E-state index < -0.39 is 0 Å². The van der Waals surface area contributed by atoms with E-state index in [1.165, 1.54) is 0 Å². The predicted octanol–water partition coefficient (Wildman–Crippen LogP) is 3.68. The monoisotopic (exact) mass is 388 g/mol. The van der Waals surface area contributed by atoms with Crippen molar-refractivity contribution < 1.29 is 9.47 Å². The van der Waals surface area contributed by atoms with Gasteiger partial charge in [-0.2, -0.15) is 0 Å². The summed E-state index contributed by atoms with van der Waals surface area (Å²) in [5.41, 5.74) is 2.43. The SMILES string of the molecule is CCOc1cc(Cc2cc3cc(Br)ccc3nc2OC)cc(=O)[nH]1. The molecule has 0 bridgehead atoms. The molecule has 0 amide bonds. The third-order valence-electron chi connectivity index (χ3n) is 3.58. The van der Waals surface area contributed by atoms with Crippen molar-refractivity contribution in [3.8, 4) is 11.8 Å². The van der Waals surface area contributed by atoms with Gasteiger partial charge in [-0.1, -0.05) is 15.9 Å². The van der Waals surface area contributed by atoms with Gasteiger partial charge in [0.05, 0.1) is 19.2 Å². The molecule has 2 heterocycles. The van der Waals surface area contributed by atoms with Gasteiger partial charge in [0.25, 0.3) is 5.56 Å². The van der Waals surface area contributed by atoms with Crippen LogP contribution in [0.25, 0.3) is 10.9 Å². The zero-order chi connectivity index (χ0) is 17.1. The highest BCUT2D eigenvalue weighted by Crippen LogP contribution is 2.27. The molecule has 0 saturated heterocycles. The Morgan fingerprint density at radius 3 is 2.79 bits per heavy atom. The molecule has 24 heavy (non-hydrogen) atoms. The molecule has 3 aromatic rings. The zero-order valence-corrected chi connectivity index (χ0v) is 15.0. The first-order valence-electron chi connectivity index (χ1n) is 7.58. The highest BCUT2D eigenvalue weighted by atomic mass is 79.9. The molecule has 0 spiro atoms. The van der Waals surface area contributed by atoms with Crippen LogP contribution in [-0.2, 0) is 6.42 Å². The van der Waals surface area contributed by atoms with Gasteiger partial charge in [0.15, 0.2) is 5.88 Å². The minimum atomic E-state index is -0.189. The molecule has 0 aliphatic carbocycles. The Labute approximate surface area is 147 Å². The fourth-order valence-corrected chi connectivity index (χ4v) is 2.98. The molecule has 0 aliphatic heterocycles. The summed E-state index contributed by atoms with van der Waals surface area (Å²) >= 11 is 3.47. The van der Waals surface area contributed by atoms with Gasteiger partial charge in [0.1, 0.15) is 0 Å². The van der Waals surface area contributed by atoms with Crippen LogP contribution in [0.15, 0.2) is 45.7 Å². The van der Waals surface area contributed by atoms with Crippen LogP contribution >= 0.6 is 15.9 Å². The molecule has 5 nitrogen and oxygen atoms in total. The minimum Gasteiger partial charge on any atom is -0.481 e. The van der Waals surface area contributed by atoms with Gasteiger partial charge >= 0.3 is 0 Å². The van der Waals surface area contributed by atoms with Gasteiger partial charge in [-0.15, -0.1) is 0 Å². The molecule has 124 valence electrons. The Kier molecular flexibility index (Phi) is 4.85. The molecule has 0 atom stereocenters. The number of pyridine rings is 2. The molecule has 0 fully saturated rings. The van der Waals surface area contributed by atoms with E-state index in [4.69, 9.17) is 9.47 Å². The number of rotatable bonds is 5. The van der Waals surface area contributed by atoms with Crippen LogP contribution in [0.3, 0.4) is 0 Å². The molecule has 0 unspecified atom stereocenters. The maximum atomic E-state index is 11.8. The number of ether oxygens (including phenoxy) is 2. The summed E-state index contributed by atoms with van der Waals surface area (Å²) in [6.45, 7) is 2.37. The van der Waals surface area contributed by atoms with Crippen LogP contribution in [-0.4, -0.2) is 23.7 Å². The number of nitrogens with one attached hydrogen (secondary N) is 1. The summed E-state index contributed by atoms with van der Waals surface area (Å²) in [6.07, 6.45) is 0.530. The number of hydrogen-bond donors (Lipinski definition) is 1. The van der Waals surface area contributed by atoms with Crippen molar-refractivity contribution in [2.45, 2.75) is 13.3 Å². The smallest absolute Gasteiger partial charge is 0.250 e. The Hall–Kier alpha value is -2.34. The Balaban J connectivity index is 2.04. The van der Waals surface area contributed by atoms with E-state index in [0.29, 0.717) is 24.8 Å². The lowest BCUT2D eigenvalue weighted by Crippen LogP contribution is -2.09. The fraction of sp³-hybridized carbons (Fsp3) is 0.222. The van der Waals surface area contributed by atoms with E-state index >= 15 is 0 Å². The number of benzene rings is 1. The van der Waals surface area contributed by atoms with Crippen LogP contribution < -0.4 is 15.0 Å². The van der Waals surface area contributed by atoms with E-state index in [9.17, 15) is 4.79 Å². The zero-order valence-electron chi connectivity index (χ0n) is 13.4. The fourth-order valence-electron chi connectivity index (χ4n) is 2.60. The Bertz CT molecular complexity index is 937. The summed E-state index contributed by atoms with van der Waals surface area (Å²) in [6, 6.07) is 11.3. The molecule has 0 radical (unpaired) electrons. The highest BCUT2D eigenvalue weighted by Gasteiger charge is 2.10. The van der Waals surface area contributed by atoms with Crippen molar-refractivity contribution in [3.05, 3.63) is 62.4 Å². The topological polar surface area (TPSA) is 64.2 Å². The van der Waals surface area contributed by atoms with E-state index in [0.717, 1.165) is 26.5 Å². The molecule has 0 aliphatic rings. The van der Waals surface area contributed by atoms with Crippen LogP contribution in [0.5, 0.6) is 11.8 Å². The van der Waals surface area contributed by atoms with E-state index in [1.54, 1.807) is 13.2 Å². The first kappa shape index (κ1) is 16.5. The maximum absolute atomic E-state index is 11.8. The van der Waals surface area contributed by atoms with E-state index in [1.807, 2.05) is 37.3 Å². The van der Waals surface area contributed by atoms with Crippen LogP contribution in [0.1, 0.15) is 18.1 Å². The number of halogens is 1. The molecule has 0 saturated carbocycles. The first-order valence-corrected chi connectivity index (χ1v) is 8.37. The van der Waals surface area contributed by atoms with Gasteiger partial charge in [0, 0.05) is 34.0 Å². The maximum Gasteiger partial charge on any atom is 0.250 e. The second-order valence-corrected chi connectivity index (χ2v) is 6.24.